The van der Waals surface area contributed by atoms with Gasteiger partial charge in [-0.25, -0.2) is 0 Å². The molecule has 0 aromatic carbocycles. The minimum atomic E-state index is 0.544. The van der Waals surface area contributed by atoms with Crippen LogP contribution in [0.5, 0.6) is 0 Å². The summed E-state index contributed by atoms with van der Waals surface area (Å²) in [6.07, 6.45) is 78.5. The summed E-state index contributed by atoms with van der Waals surface area (Å²) in [6.45, 7) is 16.8. The van der Waals surface area contributed by atoms with Crippen molar-refractivity contribution in [1.82, 2.24) is 0 Å². The van der Waals surface area contributed by atoms with Gasteiger partial charge in [0.15, 0.2) is 0 Å². The van der Waals surface area contributed by atoms with Gasteiger partial charge in [0, 0.05) is 0 Å². The van der Waals surface area contributed by atoms with Crippen LogP contribution in [0, 0.1) is 16.7 Å². The second-order valence-electron chi connectivity index (χ2n) is 22.2. The van der Waals surface area contributed by atoms with Gasteiger partial charge in [-0.15, -0.1) is 0 Å². The second kappa shape index (κ2) is 49.9. The number of hydrogen-bond donors (Lipinski definition) is 0. The lowest BCUT2D eigenvalue weighted by molar-refractivity contribution is -0.0763. The van der Waals surface area contributed by atoms with E-state index in [2.05, 4.69) is 48.5 Å². The van der Waals surface area contributed by atoms with Crippen LogP contribution in [-0.4, -0.2) is 0 Å². The van der Waals surface area contributed by atoms with Crippen LogP contribution < -0.4 is 0 Å². The van der Waals surface area contributed by atoms with Gasteiger partial charge in [0.1, 0.15) is 0 Å². The van der Waals surface area contributed by atoms with Crippen LogP contribution >= 0.6 is 0 Å². The van der Waals surface area contributed by atoms with Crippen molar-refractivity contribution in [1.29, 1.82) is 0 Å². The lowest BCUT2D eigenvalue weighted by Gasteiger charge is -2.57. The van der Waals surface area contributed by atoms with Gasteiger partial charge in [-0.05, 0) is 61.7 Å². The Balaban J connectivity index is 7.27. The molecule has 0 radical (unpaired) electrons. The standard InChI is InChI=1S/C63H128/c1-8-15-22-29-34-36-40-45-51-58-62(56-49-43-38-32-25-18-11-4,57-50-44-39-35-30-23-16-9-2)63(59-52-42-27-20-13-6,60-53-46-33-26-19-12-5)61(54-47-28-21-14-7)55-48-41-37-31-24-17-10-3/h61H,8-60H2,1-7H3. The molecule has 0 N–H and O–H groups in total. The van der Waals surface area contributed by atoms with Crippen LogP contribution in [0.2, 0.25) is 0 Å². The second-order valence-corrected chi connectivity index (χ2v) is 22.2. The molecule has 0 amide bonds. The largest absolute Gasteiger partial charge is 0.0654 e. The molecule has 63 heavy (non-hydrogen) atoms. The number of hydrogen-bond acceptors (Lipinski definition) is 0. The van der Waals surface area contributed by atoms with Crippen molar-refractivity contribution >= 4 is 0 Å². The third-order valence-electron chi connectivity index (χ3n) is 16.6. The smallest absolute Gasteiger partial charge is 0.0213 e. The molecule has 0 aromatic heterocycles. The van der Waals surface area contributed by atoms with Crippen LogP contribution in [0.15, 0.2) is 0 Å². The quantitative estimate of drug-likeness (QED) is 0.0534. The Labute approximate surface area is 403 Å². The van der Waals surface area contributed by atoms with E-state index in [9.17, 15) is 0 Å². The van der Waals surface area contributed by atoms with E-state index in [1.807, 2.05) is 0 Å². The molecule has 0 heteroatoms. The van der Waals surface area contributed by atoms with Crippen molar-refractivity contribution in [2.24, 2.45) is 16.7 Å². The molecule has 0 heterocycles. The monoisotopic (exact) mass is 885 g/mol. The minimum Gasteiger partial charge on any atom is -0.0654 e. The van der Waals surface area contributed by atoms with E-state index in [1.165, 1.54) is 295 Å². The summed E-state index contributed by atoms with van der Waals surface area (Å²) in [7, 11) is 0. The molecule has 3 atom stereocenters. The first-order valence-electron chi connectivity index (χ1n) is 31.1. The van der Waals surface area contributed by atoms with Crippen molar-refractivity contribution in [2.45, 2.75) is 389 Å². The highest BCUT2D eigenvalue weighted by Crippen LogP contribution is 2.62. The van der Waals surface area contributed by atoms with E-state index >= 15 is 0 Å². The van der Waals surface area contributed by atoms with Gasteiger partial charge in [0.05, 0.1) is 0 Å². The Morgan fingerprint density at radius 1 is 0.190 bits per heavy atom. The Bertz CT molecular complexity index is 828. The van der Waals surface area contributed by atoms with Crippen molar-refractivity contribution in [2.75, 3.05) is 0 Å². The molecule has 0 rings (SSSR count). The van der Waals surface area contributed by atoms with Crippen LogP contribution in [0.25, 0.3) is 0 Å². The maximum atomic E-state index is 2.44. The highest BCUT2D eigenvalue weighted by atomic mass is 14.6. The Morgan fingerprint density at radius 3 is 0.603 bits per heavy atom. The molecular formula is C63H128. The summed E-state index contributed by atoms with van der Waals surface area (Å²) in [5, 5.41) is 0. The molecule has 0 aromatic rings. The van der Waals surface area contributed by atoms with Crippen molar-refractivity contribution in [3.63, 3.8) is 0 Å². The van der Waals surface area contributed by atoms with Gasteiger partial charge < -0.3 is 0 Å². The van der Waals surface area contributed by atoms with Crippen LogP contribution in [0.1, 0.15) is 389 Å². The molecule has 0 nitrogen and oxygen atoms in total. The third kappa shape index (κ3) is 34.9. The van der Waals surface area contributed by atoms with E-state index in [1.54, 1.807) is 44.9 Å². The summed E-state index contributed by atoms with van der Waals surface area (Å²) in [4.78, 5) is 0. The fourth-order valence-corrected chi connectivity index (χ4v) is 12.5. The van der Waals surface area contributed by atoms with Gasteiger partial charge in [-0.2, -0.15) is 0 Å². The lowest BCUT2D eigenvalue weighted by Crippen LogP contribution is -2.48. The van der Waals surface area contributed by atoms with Crippen LogP contribution in [0.4, 0.5) is 0 Å². The molecule has 3 unspecified atom stereocenters. The lowest BCUT2D eigenvalue weighted by atomic mass is 9.47. The predicted octanol–water partition coefficient (Wildman–Crippen LogP) is 24.4. The van der Waals surface area contributed by atoms with Crippen molar-refractivity contribution in [3.8, 4) is 0 Å². The first-order valence-corrected chi connectivity index (χ1v) is 31.1. The molecule has 0 aliphatic carbocycles. The summed E-state index contributed by atoms with van der Waals surface area (Å²) in [6, 6.07) is 0. The topological polar surface area (TPSA) is 0 Å². The molecule has 0 fully saturated rings. The summed E-state index contributed by atoms with van der Waals surface area (Å²) < 4.78 is 0. The maximum absolute atomic E-state index is 2.44. The van der Waals surface area contributed by atoms with Gasteiger partial charge in [0.25, 0.3) is 0 Å². The average Bonchev–Trinajstić information content (AvgIpc) is 3.29. The summed E-state index contributed by atoms with van der Waals surface area (Å²) in [5.41, 5.74) is 1.09. The van der Waals surface area contributed by atoms with E-state index in [-0.39, 0.29) is 0 Å². The van der Waals surface area contributed by atoms with Gasteiger partial charge in [0.2, 0.25) is 0 Å². The number of unbranched alkanes of at least 4 members (excludes halogenated alkanes) is 39. The van der Waals surface area contributed by atoms with Gasteiger partial charge in [-0.3, -0.25) is 0 Å². The predicted molar refractivity (Wildman–Crippen MR) is 293 cm³/mol. The van der Waals surface area contributed by atoms with Crippen molar-refractivity contribution in [3.05, 3.63) is 0 Å². The van der Waals surface area contributed by atoms with Gasteiger partial charge >= 0.3 is 0 Å². The van der Waals surface area contributed by atoms with E-state index in [4.69, 9.17) is 0 Å². The fraction of sp³-hybridized carbons (Fsp3) is 1.00. The Morgan fingerprint density at radius 2 is 0.365 bits per heavy atom. The molecule has 380 valence electrons. The van der Waals surface area contributed by atoms with E-state index < -0.39 is 0 Å². The highest BCUT2D eigenvalue weighted by Gasteiger charge is 2.52. The highest BCUT2D eigenvalue weighted by molar-refractivity contribution is 5.02. The number of rotatable bonds is 55. The van der Waals surface area contributed by atoms with Gasteiger partial charge in [-0.1, -0.05) is 344 Å². The van der Waals surface area contributed by atoms with E-state index in [0.29, 0.717) is 10.8 Å². The summed E-state index contributed by atoms with van der Waals surface area (Å²) in [5.74, 6) is 0.948. The Kier molecular flexibility index (Phi) is 49.9. The SMILES string of the molecule is CCCCCCCCCCCC(CCCCCCCCC)(CCCCCCCCCC)C(CCCCCCC)(CCCCCCCC)C(CCCCCC)CCCCCCCCC. The molecule has 0 saturated heterocycles. The first kappa shape index (κ1) is 63.0. The first-order chi connectivity index (χ1) is 31.1. The molecule has 0 spiro atoms. The molecular weight excluding hydrogens is 757 g/mol. The fourth-order valence-electron chi connectivity index (χ4n) is 12.5. The molecule has 0 bridgehead atoms. The summed E-state index contributed by atoms with van der Waals surface area (Å²) >= 11 is 0. The maximum Gasteiger partial charge on any atom is -0.0213 e. The zero-order chi connectivity index (χ0) is 46.1. The molecule has 0 aliphatic heterocycles. The molecule has 0 saturated carbocycles. The normalized spacial score (nSPS) is 14.3. The Hall–Kier alpha value is 0. The van der Waals surface area contributed by atoms with E-state index in [0.717, 1.165) is 5.92 Å². The third-order valence-corrected chi connectivity index (χ3v) is 16.6. The zero-order valence-corrected chi connectivity index (χ0v) is 46.1. The van der Waals surface area contributed by atoms with Crippen LogP contribution in [0.3, 0.4) is 0 Å². The average molecular weight is 886 g/mol. The van der Waals surface area contributed by atoms with Crippen LogP contribution in [-0.2, 0) is 0 Å². The van der Waals surface area contributed by atoms with Crippen molar-refractivity contribution < 1.29 is 0 Å². The zero-order valence-electron chi connectivity index (χ0n) is 46.1. The minimum absolute atomic E-state index is 0.544. The molecule has 0 aliphatic rings.